The lowest BCUT2D eigenvalue weighted by molar-refractivity contribution is -0.341. The second-order valence-corrected chi connectivity index (χ2v) is 8.27. The van der Waals surface area contributed by atoms with Crippen LogP contribution >= 0.6 is 0 Å². The SMILES string of the molecule is CC(=O)O[C@@H]1O[C@H]2C[C@]34CCCC[C@@]3(O2)[C@H]1O[C@H]4CCC1OCCCO1. The van der Waals surface area contributed by atoms with Crippen LogP contribution in [0.2, 0.25) is 0 Å². The first-order chi connectivity index (χ1) is 12.6. The number of fused-ring (bicyclic) bond motifs is 1. The fourth-order valence-electron chi connectivity index (χ4n) is 5.96. The van der Waals surface area contributed by atoms with Crippen molar-refractivity contribution in [3.8, 4) is 0 Å². The summed E-state index contributed by atoms with van der Waals surface area (Å²) in [6.45, 7) is 2.94. The van der Waals surface area contributed by atoms with E-state index in [9.17, 15) is 4.79 Å². The van der Waals surface area contributed by atoms with Crippen molar-refractivity contribution < 1.29 is 33.2 Å². The van der Waals surface area contributed by atoms with Crippen LogP contribution in [0.3, 0.4) is 0 Å². The molecule has 0 aromatic carbocycles. The van der Waals surface area contributed by atoms with Crippen LogP contribution in [0.1, 0.15) is 58.3 Å². The van der Waals surface area contributed by atoms with E-state index in [1.54, 1.807) is 0 Å². The van der Waals surface area contributed by atoms with Gasteiger partial charge in [-0.2, -0.15) is 0 Å². The largest absolute Gasteiger partial charge is 0.433 e. The number of rotatable bonds is 4. The van der Waals surface area contributed by atoms with E-state index in [1.807, 2.05) is 0 Å². The Balaban J connectivity index is 1.39. The number of hydrogen-bond donors (Lipinski definition) is 0. The molecule has 1 spiro atoms. The molecule has 0 aromatic heterocycles. The van der Waals surface area contributed by atoms with Gasteiger partial charge in [0, 0.05) is 25.2 Å². The molecule has 146 valence electrons. The Kier molecular flexibility index (Phi) is 4.29. The van der Waals surface area contributed by atoms with Crippen molar-refractivity contribution in [1.29, 1.82) is 0 Å². The summed E-state index contributed by atoms with van der Waals surface area (Å²) in [4.78, 5) is 11.6. The smallest absolute Gasteiger partial charge is 0.305 e. The molecule has 5 fully saturated rings. The van der Waals surface area contributed by atoms with Gasteiger partial charge in [0.1, 0.15) is 11.7 Å². The minimum Gasteiger partial charge on any atom is -0.433 e. The molecule has 5 aliphatic rings. The summed E-state index contributed by atoms with van der Waals surface area (Å²) >= 11 is 0. The monoisotopic (exact) mass is 368 g/mol. The first-order valence-electron chi connectivity index (χ1n) is 10.0. The lowest BCUT2D eigenvalue weighted by atomic mass is 9.59. The highest BCUT2D eigenvalue weighted by molar-refractivity contribution is 5.66. The fraction of sp³-hybridized carbons (Fsp3) is 0.947. The summed E-state index contributed by atoms with van der Waals surface area (Å²) in [7, 11) is 0. The Bertz CT molecular complexity index is 562. The van der Waals surface area contributed by atoms with Gasteiger partial charge in [-0.15, -0.1) is 0 Å². The summed E-state index contributed by atoms with van der Waals surface area (Å²) in [5, 5.41) is 0. The van der Waals surface area contributed by atoms with Crippen molar-refractivity contribution in [2.45, 2.75) is 95.0 Å². The fourth-order valence-corrected chi connectivity index (χ4v) is 5.96. The van der Waals surface area contributed by atoms with E-state index in [1.165, 1.54) is 13.3 Å². The summed E-state index contributed by atoms with van der Waals surface area (Å²) in [5.41, 5.74) is -0.433. The van der Waals surface area contributed by atoms with Crippen molar-refractivity contribution in [2.24, 2.45) is 5.41 Å². The Morgan fingerprint density at radius 2 is 1.88 bits per heavy atom. The zero-order chi connectivity index (χ0) is 17.8. The summed E-state index contributed by atoms with van der Waals surface area (Å²) in [6.07, 6.45) is 6.39. The topological polar surface area (TPSA) is 72.5 Å². The van der Waals surface area contributed by atoms with Gasteiger partial charge in [0.05, 0.1) is 19.3 Å². The van der Waals surface area contributed by atoms with Gasteiger partial charge in [0.25, 0.3) is 0 Å². The number of ether oxygens (including phenoxy) is 6. The number of carbonyl (C=O) groups is 1. The van der Waals surface area contributed by atoms with E-state index in [-0.39, 0.29) is 41.8 Å². The van der Waals surface area contributed by atoms with Crippen molar-refractivity contribution in [1.82, 2.24) is 0 Å². The Hall–Kier alpha value is -0.730. The average molecular weight is 368 g/mol. The van der Waals surface area contributed by atoms with Crippen LogP contribution in [-0.4, -0.2) is 55.9 Å². The zero-order valence-corrected chi connectivity index (χ0v) is 15.3. The minimum atomic E-state index is -0.668. The second kappa shape index (κ2) is 6.41. The summed E-state index contributed by atoms with van der Waals surface area (Å²) in [6, 6.07) is 0. The van der Waals surface area contributed by atoms with E-state index in [0.717, 1.165) is 58.2 Å². The van der Waals surface area contributed by atoms with Gasteiger partial charge in [-0.1, -0.05) is 12.8 Å². The standard InChI is InChI=1S/C19H28O7/c1-12(20)23-17-16-19-8-3-2-7-18(19,11-15(25-17)26-19)13(24-16)5-6-14-21-9-4-10-22-14/h13-17H,2-11H2,1H3/t13-,15+,16-,17+,18-,19+/m0/s1. The van der Waals surface area contributed by atoms with Crippen molar-refractivity contribution in [3.05, 3.63) is 0 Å². The molecule has 7 nitrogen and oxygen atoms in total. The van der Waals surface area contributed by atoms with E-state index >= 15 is 0 Å². The molecule has 5 rings (SSSR count). The normalized spacial score (nSPS) is 47.6. The van der Waals surface area contributed by atoms with Crippen LogP contribution in [0.5, 0.6) is 0 Å². The highest BCUT2D eigenvalue weighted by Crippen LogP contribution is 2.67. The predicted molar refractivity (Wildman–Crippen MR) is 88.0 cm³/mol. The molecular formula is C19H28O7. The maximum atomic E-state index is 11.6. The Labute approximate surface area is 153 Å². The van der Waals surface area contributed by atoms with Crippen LogP contribution in [-0.2, 0) is 33.2 Å². The molecule has 6 atom stereocenters. The molecule has 0 aromatic rings. The van der Waals surface area contributed by atoms with Crippen LogP contribution in [0, 0.1) is 5.41 Å². The Morgan fingerprint density at radius 3 is 2.69 bits per heavy atom. The van der Waals surface area contributed by atoms with Gasteiger partial charge < -0.3 is 28.4 Å². The van der Waals surface area contributed by atoms with Crippen LogP contribution in [0.15, 0.2) is 0 Å². The van der Waals surface area contributed by atoms with Crippen LogP contribution in [0.25, 0.3) is 0 Å². The third-order valence-corrected chi connectivity index (χ3v) is 6.90. The number of esters is 1. The zero-order valence-electron chi connectivity index (χ0n) is 15.3. The van der Waals surface area contributed by atoms with Crippen LogP contribution < -0.4 is 0 Å². The van der Waals surface area contributed by atoms with Gasteiger partial charge in [-0.25, -0.2) is 0 Å². The molecule has 4 aliphatic heterocycles. The first kappa shape index (κ1) is 17.4. The average Bonchev–Trinajstić information content (AvgIpc) is 3.06. The van der Waals surface area contributed by atoms with Gasteiger partial charge in [-0.3, -0.25) is 4.79 Å². The van der Waals surface area contributed by atoms with Crippen molar-refractivity contribution >= 4 is 5.97 Å². The molecule has 26 heavy (non-hydrogen) atoms. The predicted octanol–water partition coefficient (Wildman–Crippen LogP) is 2.26. The van der Waals surface area contributed by atoms with Gasteiger partial charge in [-0.05, 0) is 25.7 Å². The first-order valence-corrected chi connectivity index (χ1v) is 10.0. The summed E-state index contributed by atoms with van der Waals surface area (Å²) < 4.78 is 35.7. The van der Waals surface area contributed by atoms with E-state index in [2.05, 4.69) is 0 Å². The Morgan fingerprint density at radius 1 is 1.08 bits per heavy atom. The molecule has 0 unspecified atom stereocenters. The maximum absolute atomic E-state index is 11.6. The molecule has 0 amide bonds. The quantitative estimate of drug-likeness (QED) is 0.705. The maximum Gasteiger partial charge on any atom is 0.305 e. The van der Waals surface area contributed by atoms with Gasteiger partial charge in [0.2, 0.25) is 6.29 Å². The van der Waals surface area contributed by atoms with Crippen molar-refractivity contribution in [3.63, 3.8) is 0 Å². The minimum absolute atomic E-state index is 0.0514. The molecule has 7 heteroatoms. The van der Waals surface area contributed by atoms with E-state index < -0.39 is 6.29 Å². The molecule has 0 radical (unpaired) electrons. The molecule has 1 saturated carbocycles. The lowest BCUT2D eigenvalue weighted by Crippen LogP contribution is -2.59. The lowest BCUT2D eigenvalue weighted by Gasteiger charge is -2.47. The molecule has 0 N–H and O–H groups in total. The molecular weight excluding hydrogens is 340 g/mol. The number of hydrogen-bond acceptors (Lipinski definition) is 7. The van der Waals surface area contributed by atoms with Gasteiger partial charge >= 0.3 is 5.97 Å². The molecule has 4 saturated heterocycles. The van der Waals surface area contributed by atoms with Crippen LogP contribution in [0.4, 0.5) is 0 Å². The third-order valence-electron chi connectivity index (χ3n) is 6.90. The number of carbonyl (C=O) groups excluding carboxylic acids is 1. The molecule has 4 heterocycles. The van der Waals surface area contributed by atoms with Crippen molar-refractivity contribution in [2.75, 3.05) is 13.2 Å². The third kappa shape index (κ3) is 2.48. The highest BCUT2D eigenvalue weighted by atomic mass is 16.8. The van der Waals surface area contributed by atoms with E-state index in [0.29, 0.717) is 0 Å². The summed E-state index contributed by atoms with van der Waals surface area (Å²) in [5.74, 6) is -0.342. The van der Waals surface area contributed by atoms with Gasteiger partial charge in [0.15, 0.2) is 12.6 Å². The van der Waals surface area contributed by atoms with E-state index in [4.69, 9.17) is 28.4 Å². The highest BCUT2D eigenvalue weighted by Gasteiger charge is 2.76. The molecule has 2 bridgehead atoms. The second-order valence-electron chi connectivity index (χ2n) is 8.27. The molecule has 1 aliphatic carbocycles.